The molecule has 2 aliphatic heterocycles. The van der Waals surface area contributed by atoms with Gasteiger partial charge in [0.05, 0.1) is 11.8 Å². The van der Waals surface area contributed by atoms with Crippen LogP contribution in [0.25, 0.3) is 0 Å². The molecule has 2 atom stereocenters. The number of fused-ring (bicyclic) bond motifs is 3. The Hall–Kier alpha value is -3.01. The standard InChI is InChI=1S/C23H16Cl2N4O/c24-17-5-1-14(2-6-17)19-9-22(30)10-20(15-3-7-18(25)8-4-15)23(19,13-28)21(29-22)16(11-26)12-27/h1-8,19-20,29-30H,9-10H2. The number of allylic oxidation sites excluding steroid dienone is 2. The number of nitriles is 3. The Morgan fingerprint density at radius 1 is 0.867 bits per heavy atom. The molecule has 2 aromatic rings. The van der Waals surface area contributed by atoms with Crippen LogP contribution in [0.2, 0.25) is 10.0 Å². The third kappa shape index (κ3) is 3.02. The first-order valence-electron chi connectivity index (χ1n) is 9.34. The van der Waals surface area contributed by atoms with Gasteiger partial charge in [-0.05, 0) is 35.4 Å². The van der Waals surface area contributed by atoms with E-state index >= 15 is 0 Å². The van der Waals surface area contributed by atoms with Crippen molar-refractivity contribution in [3.63, 3.8) is 0 Å². The third-order valence-electron chi connectivity index (χ3n) is 6.16. The predicted molar refractivity (Wildman–Crippen MR) is 112 cm³/mol. The Morgan fingerprint density at radius 3 is 1.67 bits per heavy atom. The lowest BCUT2D eigenvalue weighted by atomic mass is 9.50. The van der Waals surface area contributed by atoms with Crippen LogP contribution in [0.5, 0.6) is 0 Å². The van der Waals surface area contributed by atoms with Gasteiger partial charge in [0.15, 0.2) is 0 Å². The van der Waals surface area contributed by atoms with Crippen LogP contribution < -0.4 is 5.32 Å². The van der Waals surface area contributed by atoms with Crippen molar-refractivity contribution in [3.8, 4) is 18.2 Å². The first-order chi connectivity index (χ1) is 14.4. The summed E-state index contributed by atoms with van der Waals surface area (Å²) in [5.41, 5.74) is -1.02. The molecular formula is C23H16Cl2N4O. The highest BCUT2D eigenvalue weighted by Gasteiger charge is 2.64. The van der Waals surface area contributed by atoms with E-state index in [9.17, 15) is 20.9 Å². The summed E-state index contributed by atoms with van der Waals surface area (Å²) in [5, 5.41) is 45.2. The number of hydrogen-bond acceptors (Lipinski definition) is 5. The van der Waals surface area contributed by atoms with Crippen LogP contribution in [-0.2, 0) is 0 Å². The monoisotopic (exact) mass is 434 g/mol. The minimum absolute atomic E-state index is 0.176. The van der Waals surface area contributed by atoms with E-state index in [1.54, 1.807) is 24.3 Å². The zero-order chi connectivity index (χ0) is 21.5. The molecular weight excluding hydrogens is 419 g/mol. The summed E-state index contributed by atoms with van der Waals surface area (Å²) in [4.78, 5) is 0. The van der Waals surface area contributed by atoms with Gasteiger partial charge in [0.2, 0.25) is 0 Å². The summed E-state index contributed by atoms with van der Waals surface area (Å²) in [5.74, 6) is -0.903. The number of rotatable bonds is 2. The van der Waals surface area contributed by atoms with Crippen LogP contribution >= 0.6 is 23.2 Å². The summed E-state index contributed by atoms with van der Waals surface area (Å²) in [6, 6.07) is 20.5. The molecule has 148 valence electrons. The molecule has 0 spiro atoms. The number of aliphatic hydroxyl groups is 1. The fourth-order valence-corrected chi connectivity index (χ4v) is 5.13. The van der Waals surface area contributed by atoms with Crippen LogP contribution in [0.3, 0.4) is 0 Å². The summed E-state index contributed by atoms with van der Waals surface area (Å²) in [6.45, 7) is 0. The Morgan fingerprint density at radius 2 is 1.30 bits per heavy atom. The second kappa shape index (κ2) is 7.35. The van der Waals surface area contributed by atoms with Gasteiger partial charge in [0.1, 0.15) is 28.9 Å². The fraction of sp³-hybridized carbons (Fsp3) is 0.261. The van der Waals surface area contributed by atoms with E-state index in [-0.39, 0.29) is 24.1 Å². The highest BCUT2D eigenvalue weighted by atomic mass is 35.5. The largest absolute Gasteiger partial charge is 0.371 e. The fourth-order valence-electron chi connectivity index (χ4n) is 4.88. The molecule has 5 nitrogen and oxygen atoms in total. The van der Waals surface area contributed by atoms with E-state index < -0.39 is 23.0 Å². The number of hydrogen-bond donors (Lipinski definition) is 2. The molecule has 30 heavy (non-hydrogen) atoms. The van der Waals surface area contributed by atoms with Crippen molar-refractivity contribution in [2.45, 2.75) is 30.4 Å². The zero-order valence-corrected chi connectivity index (χ0v) is 17.2. The number of halogens is 2. The van der Waals surface area contributed by atoms with E-state index in [0.717, 1.165) is 11.1 Å². The Labute approximate surface area is 184 Å². The molecule has 0 aromatic heterocycles. The third-order valence-corrected chi connectivity index (χ3v) is 6.66. The van der Waals surface area contributed by atoms with Gasteiger partial charge in [0, 0.05) is 34.7 Å². The number of nitrogens with zero attached hydrogens (tertiary/aromatic N) is 3. The minimum Gasteiger partial charge on any atom is -0.371 e. The van der Waals surface area contributed by atoms with Gasteiger partial charge in [-0.1, -0.05) is 47.5 Å². The predicted octanol–water partition coefficient (Wildman–Crippen LogP) is 4.76. The van der Waals surface area contributed by atoms with Gasteiger partial charge in [-0.15, -0.1) is 0 Å². The van der Waals surface area contributed by atoms with Gasteiger partial charge >= 0.3 is 0 Å². The Balaban J connectivity index is 2.01. The molecule has 0 amide bonds. The van der Waals surface area contributed by atoms with Crippen molar-refractivity contribution in [3.05, 3.63) is 81.0 Å². The van der Waals surface area contributed by atoms with Crippen molar-refractivity contribution in [2.75, 3.05) is 0 Å². The highest BCUT2D eigenvalue weighted by Crippen LogP contribution is 2.64. The first-order valence-corrected chi connectivity index (χ1v) is 10.1. The molecule has 7 heteroatoms. The topological polar surface area (TPSA) is 104 Å². The van der Waals surface area contributed by atoms with Gasteiger partial charge in [-0.3, -0.25) is 0 Å². The van der Waals surface area contributed by atoms with E-state index in [1.165, 1.54) is 0 Å². The molecule has 1 aliphatic carbocycles. The van der Waals surface area contributed by atoms with Gasteiger partial charge in [-0.25, -0.2) is 0 Å². The van der Waals surface area contributed by atoms with Crippen molar-refractivity contribution < 1.29 is 5.11 Å². The lowest BCUT2D eigenvalue weighted by molar-refractivity contribution is -0.0932. The normalized spacial score (nSPS) is 29.3. The molecule has 1 saturated carbocycles. The summed E-state index contributed by atoms with van der Waals surface area (Å²) in [6.07, 6.45) is 0.528. The molecule has 5 rings (SSSR count). The van der Waals surface area contributed by atoms with Crippen molar-refractivity contribution in [2.24, 2.45) is 5.41 Å². The quantitative estimate of drug-likeness (QED) is 0.663. The number of piperidine rings is 2. The van der Waals surface area contributed by atoms with E-state index in [2.05, 4.69) is 11.4 Å². The van der Waals surface area contributed by atoms with Crippen LogP contribution in [-0.4, -0.2) is 10.8 Å². The lowest BCUT2D eigenvalue weighted by Gasteiger charge is -2.58. The lowest BCUT2D eigenvalue weighted by Crippen LogP contribution is -2.64. The average Bonchev–Trinajstić information content (AvgIpc) is 2.75. The summed E-state index contributed by atoms with van der Waals surface area (Å²) in [7, 11) is 0. The highest BCUT2D eigenvalue weighted by molar-refractivity contribution is 6.30. The summed E-state index contributed by atoms with van der Waals surface area (Å²) >= 11 is 12.1. The van der Waals surface area contributed by atoms with Crippen LogP contribution in [0.1, 0.15) is 35.8 Å². The molecule has 2 N–H and O–H groups in total. The average molecular weight is 435 g/mol. The Kier molecular flexibility index (Phi) is 4.97. The van der Waals surface area contributed by atoms with E-state index in [0.29, 0.717) is 10.0 Å². The molecule has 2 heterocycles. The van der Waals surface area contributed by atoms with Crippen LogP contribution in [0, 0.1) is 39.4 Å². The van der Waals surface area contributed by atoms with Crippen molar-refractivity contribution >= 4 is 23.2 Å². The molecule has 2 aromatic carbocycles. The molecule has 2 bridgehead atoms. The smallest absolute Gasteiger partial charge is 0.150 e. The maximum absolute atomic E-state index is 11.4. The first kappa shape index (κ1) is 20.3. The molecule has 2 unspecified atom stereocenters. The van der Waals surface area contributed by atoms with E-state index in [1.807, 2.05) is 36.4 Å². The second-order valence-corrected chi connectivity index (χ2v) is 8.60. The van der Waals surface area contributed by atoms with Crippen molar-refractivity contribution in [1.29, 1.82) is 15.8 Å². The van der Waals surface area contributed by atoms with Crippen LogP contribution in [0.15, 0.2) is 59.8 Å². The molecule has 3 aliphatic rings. The van der Waals surface area contributed by atoms with Gasteiger partial charge in [0.25, 0.3) is 0 Å². The molecule has 0 radical (unpaired) electrons. The SMILES string of the molecule is N#CC(C#N)=C1NC2(O)CC(c3ccc(Cl)cc3)C1(C#N)C(c1ccc(Cl)cc1)C2. The van der Waals surface area contributed by atoms with Gasteiger partial charge < -0.3 is 10.4 Å². The minimum atomic E-state index is -1.37. The number of benzene rings is 2. The van der Waals surface area contributed by atoms with Gasteiger partial charge in [-0.2, -0.15) is 15.8 Å². The maximum Gasteiger partial charge on any atom is 0.150 e. The van der Waals surface area contributed by atoms with Crippen molar-refractivity contribution in [1.82, 2.24) is 5.32 Å². The summed E-state index contributed by atoms with van der Waals surface area (Å²) < 4.78 is 0. The maximum atomic E-state index is 11.4. The molecule has 2 saturated heterocycles. The van der Waals surface area contributed by atoms with E-state index in [4.69, 9.17) is 23.2 Å². The van der Waals surface area contributed by atoms with Crippen LogP contribution in [0.4, 0.5) is 0 Å². The number of nitrogens with one attached hydrogen (secondary N) is 1. The zero-order valence-electron chi connectivity index (χ0n) is 15.7. The Bertz CT molecular complexity index is 1080. The second-order valence-electron chi connectivity index (χ2n) is 7.73. The molecule has 3 fully saturated rings.